The molecular formula is C27H54N2. The molecular weight excluding hydrogens is 352 g/mol. The molecule has 1 aliphatic rings. The summed E-state index contributed by atoms with van der Waals surface area (Å²) in [6.45, 7) is 9.37. The highest BCUT2D eigenvalue weighted by molar-refractivity contribution is 4.96. The van der Waals surface area contributed by atoms with Crippen LogP contribution in [0.1, 0.15) is 143 Å². The molecule has 1 atom stereocenters. The van der Waals surface area contributed by atoms with Crippen LogP contribution in [0.4, 0.5) is 0 Å². The number of rotatable bonds is 21. The molecule has 1 aliphatic heterocycles. The van der Waals surface area contributed by atoms with Crippen molar-refractivity contribution in [3.63, 3.8) is 0 Å². The molecule has 0 bridgehead atoms. The van der Waals surface area contributed by atoms with Crippen molar-refractivity contribution >= 4 is 0 Å². The Labute approximate surface area is 184 Å². The highest BCUT2D eigenvalue weighted by Crippen LogP contribution is 2.22. The van der Waals surface area contributed by atoms with Gasteiger partial charge in [-0.2, -0.15) is 0 Å². The minimum atomic E-state index is 0.640. The molecule has 1 rings (SSSR count). The van der Waals surface area contributed by atoms with Gasteiger partial charge in [-0.15, -0.1) is 0 Å². The van der Waals surface area contributed by atoms with Gasteiger partial charge in [-0.1, -0.05) is 117 Å². The van der Waals surface area contributed by atoms with Crippen LogP contribution >= 0.6 is 0 Å². The Kier molecular flexibility index (Phi) is 17.6. The summed E-state index contributed by atoms with van der Waals surface area (Å²) in [7, 11) is 0. The van der Waals surface area contributed by atoms with E-state index in [-0.39, 0.29) is 0 Å². The van der Waals surface area contributed by atoms with Crippen molar-refractivity contribution in [2.75, 3.05) is 13.1 Å². The predicted molar refractivity (Wildman–Crippen MR) is 131 cm³/mol. The molecule has 1 heterocycles. The van der Waals surface area contributed by atoms with Gasteiger partial charge in [-0.25, -0.2) is 0 Å². The summed E-state index contributed by atoms with van der Waals surface area (Å²) in [5.74, 6) is 0. The first kappa shape index (κ1) is 26.4. The second-order valence-electron chi connectivity index (χ2n) is 9.35. The highest BCUT2D eigenvalue weighted by Gasteiger charge is 2.24. The molecule has 0 saturated heterocycles. The van der Waals surface area contributed by atoms with Gasteiger partial charge >= 0.3 is 0 Å². The zero-order valence-electron chi connectivity index (χ0n) is 20.5. The summed E-state index contributed by atoms with van der Waals surface area (Å²) in [4.78, 5) is 5.19. The Morgan fingerprint density at radius 1 is 0.448 bits per heavy atom. The molecule has 0 radical (unpaired) electrons. The first-order valence-corrected chi connectivity index (χ1v) is 13.5. The predicted octanol–water partition coefficient (Wildman–Crippen LogP) is 8.87. The van der Waals surface area contributed by atoms with E-state index < -0.39 is 0 Å². The zero-order valence-corrected chi connectivity index (χ0v) is 20.5. The van der Waals surface area contributed by atoms with Crippen LogP contribution in [0.2, 0.25) is 0 Å². The lowest BCUT2D eigenvalue weighted by molar-refractivity contribution is 0.138. The first-order chi connectivity index (χ1) is 14.3. The van der Waals surface area contributed by atoms with Gasteiger partial charge < -0.3 is 9.80 Å². The van der Waals surface area contributed by atoms with Gasteiger partial charge in [-0.05, 0) is 25.7 Å². The monoisotopic (exact) mass is 406 g/mol. The van der Waals surface area contributed by atoms with Crippen molar-refractivity contribution in [1.82, 2.24) is 9.80 Å². The van der Waals surface area contributed by atoms with Crippen LogP contribution in [0.15, 0.2) is 12.4 Å². The molecule has 0 spiro atoms. The maximum Gasteiger partial charge on any atom is 0.101 e. The molecule has 1 unspecified atom stereocenters. The fourth-order valence-corrected chi connectivity index (χ4v) is 4.65. The van der Waals surface area contributed by atoms with Gasteiger partial charge in [0.1, 0.15) is 6.17 Å². The Balaban J connectivity index is 1.91. The molecule has 2 nitrogen and oxygen atoms in total. The number of unbranched alkanes of at least 4 members (excludes halogenated alkanes) is 15. The van der Waals surface area contributed by atoms with Crippen LogP contribution < -0.4 is 0 Å². The summed E-state index contributed by atoms with van der Waals surface area (Å²) in [5.41, 5.74) is 0. The van der Waals surface area contributed by atoms with E-state index in [1.165, 1.54) is 135 Å². The van der Waals surface area contributed by atoms with Gasteiger partial charge in [0.2, 0.25) is 0 Å². The fourth-order valence-electron chi connectivity index (χ4n) is 4.65. The second kappa shape index (κ2) is 19.3. The molecule has 0 aromatic heterocycles. The molecule has 172 valence electrons. The van der Waals surface area contributed by atoms with Crippen molar-refractivity contribution in [3.05, 3.63) is 12.4 Å². The molecule has 2 heteroatoms. The topological polar surface area (TPSA) is 6.48 Å². The molecule has 0 N–H and O–H groups in total. The summed E-state index contributed by atoms with van der Waals surface area (Å²) >= 11 is 0. The number of hydrogen-bond acceptors (Lipinski definition) is 2. The molecule has 0 aromatic carbocycles. The summed E-state index contributed by atoms with van der Waals surface area (Å²) in [6.07, 6.45) is 32.3. The van der Waals surface area contributed by atoms with Gasteiger partial charge in [0.05, 0.1) is 0 Å². The summed E-state index contributed by atoms with van der Waals surface area (Å²) < 4.78 is 0. The van der Waals surface area contributed by atoms with E-state index in [9.17, 15) is 0 Å². The van der Waals surface area contributed by atoms with Gasteiger partial charge in [0.25, 0.3) is 0 Å². The average Bonchev–Trinajstić information content (AvgIpc) is 3.11. The van der Waals surface area contributed by atoms with Gasteiger partial charge in [0.15, 0.2) is 0 Å². The van der Waals surface area contributed by atoms with Crippen LogP contribution in [0.25, 0.3) is 0 Å². The van der Waals surface area contributed by atoms with Crippen LogP contribution in [-0.4, -0.2) is 29.1 Å². The largest absolute Gasteiger partial charge is 0.356 e. The lowest BCUT2D eigenvalue weighted by atomic mass is 10.0. The van der Waals surface area contributed by atoms with Gasteiger partial charge in [-0.3, -0.25) is 0 Å². The summed E-state index contributed by atoms with van der Waals surface area (Å²) in [6, 6.07) is 0. The van der Waals surface area contributed by atoms with Crippen molar-refractivity contribution in [2.24, 2.45) is 0 Å². The third-order valence-corrected chi connectivity index (χ3v) is 6.53. The molecule has 0 amide bonds. The van der Waals surface area contributed by atoms with Gasteiger partial charge in [0, 0.05) is 25.5 Å². The van der Waals surface area contributed by atoms with Crippen molar-refractivity contribution < 1.29 is 0 Å². The van der Waals surface area contributed by atoms with E-state index in [0.29, 0.717) is 6.17 Å². The summed E-state index contributed by atoms with van der Waals surface area (Å²) in [5, 5.41) is 0. The van der Waals surface area contributed by atoms with Crippen LogP contribution in [0.5, 0.6) is 0 Å². The molecule has 0 aliphatic carbocycles. The zero-order chi connectivity index (χ0) is 21.0. The van der Waals surface area contributed by atoms with Crippen LogP contribution in [0.3, 0.4) is 0 Å². The molecule has 0 fully saturated rings. The maximum absolute atomic E-state index is 2.62. The van der Waals surface area contributed by atoms with E-state index in [2.05, 4.69) is 43.0 Å². The standard InChI is InChI=1S/C27H54N2/c1-4-7-9-10-11-12-13-14-15-16-17-18-19-20-21-24-29-26-25-28(23-6-3)27(29)22-8-5-2/h25-27H,4-24H2,1-3H3. The van der Waals surface area contributed by atoms with E-state index in [4.69, 9.17) is 0 Å². The fraction of sp³-hybridized carbons (Fsp3) is 0.926. The van der Waals surface area contributed by atoms with E-state index in [0.717, 1.165) is 0 Å². The number of hydrogen-bond donors (Lipinski definition) is 0. The van der Waals surface area contributed by atoms with E-state index in [1.54, 1.807) is 0 Å². The van der Waals surface area contributed by atoms with Crippen molar-refractivity contribution in [1.29, 1.82) is 0 Å². The minimum absolute atomic E-state index is 0.640. The molecule has 29 heavy (non-hydrogen) atoms. The Morgan fingerprint density at radius 2 is 0.862 bits per heavy atom. The maximum atomic E-state index is 2.62. The second-order valence-corrected chi connectivity index (χ2v) is 9.35. The van der Waals surface area contributed by atoms with E-state index >= 15 is 0 Å². The lowest BCUT2D eigenvalue weighted by Gasteiger charge is -2.33. The third kappa shape index (κ3) is 13.3. The van der Waals surface area contributed by atoms with E-state index in [1.807, 2.05) is 0 Å². The smallest absolute Gasteiger partial charge is 0.101 e. The Morgan fingerprint density at radius 3 is 1.31 bits per heavy atom. The first-order valence-electron chi connectivity index (χ1n) is 13.5. The number of nitrogens with zero attached hydrogens (tertiary/aromatic N) is 2. The van der Waals surface area contributed by atoms with Crippen molar-refractivity contribution in [3.8, 4) is 0 Å². The molecule has 0 saturated carbocycles. The van der Waals surface area contributed by atoms with Crippen molar-refractivity contribution in [2.45, 2.75) is 149 Å². The highest BCUT2D eigenvalue weighted by atomic mass is 15.4. The van der Waals surface area contributed by atoms with Crippen LogP contribution in [0, 0.1) is 0 Å². The quantitative estimate of drug-likeness (QED) is 0.176. The Bertz CT molecular complexity index is 366. The normalized spacial score (nSPS) is 16.3. The average molecular weight is 407 g/mol. The van der Waals surface area contributed by atoms with Crippen LogP contribution in [-0.2, 0) is 0 Å². The Hall–Kier alpha value is -0.660. The lowest BCUT2D eigenvalue weighted by Crippen LogP contribution is -2.39. The minimum Gasteiger partial charge on any atom is -0.356 e. The third-order valence-electron chi connectivity index (χ3n) is 6.53. The SMILES string of the molecule is CCCCCCCCCCCCCCCCCN1C=CN(CCC)C1CCCC. The molecule has 0 aromatic rings.